The monoisotopic (exact) mass is 245 g/mol. The maximum atomic E-state index is 11.9. The van der Waals surface area contributed by atoms with Crippen molar-refractivity contribution in [3.63, 3.8) is 0 Å². The average Bonchev–Trinajstić information content (AvgIpc) is 2.50. The lowest BCUT2D eigenvalue weighted by molar-refractivity contribution is -0.133. The van der Waals surface area contributed by atoms with Crippen molar-refractivity contribution in [3.8, 4) is 6.07 Å². The summed E-state index contributed by atoms with van der Waals surface area (Å²) in [6.07, 6.45) is -4.97. The predicted molar refractivity (Wildman–Crippen MR) is 57.2 cm³/mol. The summed E-state index contributed by atoms with van der Waals surface area (Å²) < 4.78 is 37.4. The second-order valence-electron chi connectivity index (χ2n) is 3.85. The SMILES string of the molecule is Cc1c(CNCCC(F)(F)F)cc(C#N)n1C. The van der Waals surface area contributed by atoms with Crippen LogP contribution in [0.15, 0.2) is 6.07 Å². The molecule has 1 heterocycles. The number of halogens is 3. The van der Waals surface area contributed by atoms with Gasteiger partial charge in [-0.2, -0.15) is 18.4 Å². The molecule has 0 aliphatic heterocycles. The molecule has 0 saturated heterocycles. The van der Waals surface area contributed by atoms with Crippen LogP contribution in [0.1, 0.15) is 23.4 Å². The molecule has 0 fully saturated rings. The third kappa shape index (κ3) is 3.79. The van der Waals surface area contributed by atoms with E-state index in [1.165, 1.54) is 0 Å². The number of aromatic nitrogens is 1. The summed E-state index contributed by atoms with van der Waals surface area (Å²) in [5, 5.41) is 11.5. The number of nitrogens with one attached hydrogen (secondary N) is 1. The Morgan fingerprint density at radius 2 is 2.12 bits per heavy atom. The highest BCUT2D eigenvalue weighted by Crippen LogP contribution is 2.18. The van der Waals surface area contributed by atoms with Crippen molar-refractivity contribution < 1.29 is 13.2 Å². The van der Waals surface area contributed by atoms with E-state index in [-0.39, 0.29) is 6.54 Å². The summed E-state index contributed by atoms with van der Waals surface area (Å²) in [4.78, 5) is 0. The van der Waals surface area contributed by atoms with Crippen LogP contribution in [0.5, 0.6) is 0 Å². The van der Waals surface area contributed by atoms with E-state index in [4.69, 9.17) is 5.26 Å². The molecule has 6 heteroatoms. The highest BCUT2D eigenvalue weighted by Gasteiger charge is 2.25. The molecular formula is C11H14F3N3. The molecule has 0 radical (unpaired) electrons. The van der Waals surface area contributed by atoms with Crippen molar-refractivity contribution in [2.24, 2.45) is 7.05 Å². The van der Waals surface area contributed by atoms with Crippen molar-refractivity contribution in [3.05, 3.63) is 23.0 Å². The molecule has 0 saturated carbocycles. The lowest BCUT2D eigenvalue weighted by Gasteiger charge is -2.07. The fourth-order valence-corrected chi connectivity index (χ4v) is 1.50. The molecule has 0 bridgehead atoms. The molecule has 0 aromatic carbocycles. The molecule has 1 rings (SSSR count). The minimum atomic E-state index is -4.13. The van der Waals surface area contributed by atoms with Crippen LogP contribution in [-0.4, -0.2) is 17.3 Å². The zero-order valence-corrected chi connectivity index (χ0v) is 9.73. The molecule has 1 N–H and O–H groups in total. The Hall–Kier alpha value is -1.48. The van der Waals surface area contributed by atoms with Crippen LogP contribution >= 0.6 is 0 Å². The third-order valence-electron chi connectivity index (χ3n) is 2.66. The number of hydrogen-bond donors (Lipinski definition) is 1. The first-order valence-electron chi connectivity index (χ1n) is 5.18. The summed E-state index contributed by atoms with van der Waals surface area (Å²) >= 11 is 0. The Morgan fingerprint density at radius 3 is 2.59 bits per heavy atom. The quantitative estimate of drug-likeness (QED) is 0.826. The van der Waals surface area contributed by atoms with E-state index < -0.39 is 12.6 Å². The highest BCUT2D eigenvalue weighted by molar-refractivity contribution is 5.33. The molecule has 0 spiro atoms. The van der Waals surface area contributed by atoms with Crippen molar-refractivity contribution in [1.82, 2.24) is 9.88 Å². The minimum Gasteiger partial charge on any atom is -0.340 e. The van der Waals surface area contributed by atoms with Crippen LogP contribution in [-0.2, 0) is 13.6 Å². The van der Waals surface area contributed by atoms with Gasteiger partial charge in [-0.1, -0.05) is 0 Å². The first-order chi connectivity index (χ1) is 7.85. The third-order valence-corrected chi connectivity index (χ3v) is 2.66. The largest absolute Gasteiger partial charge is 0.390 e. The molecular weight excluding hydrogens is 231 g/mol. The van der Waals surface area contributed by atoms with E-state index >= 15 is 0 Å². The molecule has 0 amide bonds. The van der Waals surface area contributed by atoms with Crippen LogP contribution in [0.3, 0.4) is 0 Å². The minimum absolute atomic E-state index is 0.111. The van der Waals surface area contributed by atoms with Crippen molar-refractivity contribution in [2.75, 3.05) is 6.54 Å². The normalized spacial score (nSPS) is 11.5. The van der Waals surface area contributed by atoms with E-state index in [9.17, 15) is 13.2 Å². The van der Waals surface area contributed by atoms with Crippen LogP contribution in [0, 0.1) is 18.3 Å². The molecule has 1 aromatic rings. The topological polar surface area (TPSA) is 40.8 Å². The van der Waals surface area contributed by atoms with E-state index in [0.29, 0.717) is 12.2 Å². The van der Waals surface area contributed by atoms with Crippen LogP contribution < -0.4 is 5.32 Å². The molecule has 0 aliphatic carbocycles. The molecule has 94 valence electrons. The van der Waals surface area contributed by atoms with Gasteiger partial charge < -0.3 is 9.88 Å². The molecule has 17 heavy (non-hydrogen) atoms. The van der Waals surface area contributed by atoms with E-state index in [1.807, 2.05) is 13.0 Å². The lowest BCUT2D eigenvalue weighted by Crippen LogP contribution is -2.21. The molecule has 0 aliphatic rings. The second kappa shape index (κ2) is 5.23. The smallest absolute Gasteiger partial charge is 0.340 e. The van der Waals surface area contributed by atoms with Gasteiger partial charge in [-0.15, -0.1) is 0 Å². The zero-order valence-electron chi connectivity index (χ0n) is 9.73. The Labute approximate surface area is 97.8 Å². The molecule has 0 unspecified atom stereocenters. The van der Waals surface area contributed by atoms with Crippen LogP contribution in [0.2, 0.25) is 0 Å². The van der Waals surface area contributed by atoms with Gasteiger partial charge in [-0.3, -0.25) is 0 Å². The first kappa shape index (κ1) is 13.6. The first-order valence-corrected chi connectivity index (χ1v) is 5.18. The standard InChI is InChI=1S/C11H14F3N3/c1-8-9(5-10(6-15)17(8)2)7-16-4-3-11(12,13)14/h5,16H,3-4,7H2,1-2H3. The van der Waals surface area contributed by atoms with Crippen molar-refractivity contribution >= 4 is 0 Å². The molecule has 3 nitrogen and oxygen atoms in total. The van der Waals surface area contributed by atoms with Gasteiger partial charge in [0.15, 0.2) is 0 Å². The predicted octanol–water partition coefficient (Wildman–Crippen LogP) is 2.25. The zero-order chi connectivity index (χ0) is 13.1. The van der Waals surface area contributed by atoms with Gasteiger partial charge in [0.05, 0.1) is 6.42 Å². The lowest BCUT2D eigenvalue weighted by atomic mass is 10.2. The van der Waals surface area contributed by atoms with Crippen LogP contribution in [0.25, 0.3) is 0 Å². The Bertz CT molecular complexity index is 426. The second-order valence-corrected chi connectivity index (χ2v) is 3.85. The maximum Gasteiger partial charge on any atom is 0.390 e. The van der Waals surface area contributed by atoms with Crippen molar-refractivity contribution in [1.29, 1.82) is 5.26 Å². The van der Waals surface area contributed by atoms with Gasteiger partial charge in [-0.05, 0) is 18.6 Å². The van der Waals surface area contributed by atoms with Crippen molar-refractivity contribution in [2.45, 2.75) is 26.1 Å². The van der Waals surface area contributed by atoms with Crippen LogP contribution in [0.4, 0.5) is 13.2 Å². The summed E-state index contributed by atoms with van der Waals surface area (Å²) in [6.45, 7) is 2.07. The fraction of sp³-hybridized carbons (Fsp3) is 0.545. The summed E-state index contributed by atoms with van der Waals surface area (Å²) in [6, 6.07) is 3.72. The van der Waals surface area contributed by atoms with Gasteiger partial charge in [0.25, 0.3) is 0 Å². The number of hydrogen-bond acceptors (Lipinski definition) is 2. The van der Waals surface area contributed by atoms with Gasteiger partial charge in [-0.25, -0.2) is 0 Å². The Morgan fingerprint density at radius 1 is 1.47 bits per heavy atom. The van der Waals surface area contributed by atoms with E-state index in [1.54, 1.807) is 17.7 Å². The van der Waals surface area contributed by atoms with Gasteiger partial charge in [0.1, 0.15) is 11.8 Å². The fourth-order valence-electron chi connectivity index (χ4n) is 1.50. The highest BCUT2D eigenvalue weighted by atomic mass is 19.4. The van der Waals surface area contributed by atoms with Gasteiger partial charge in [0, 0.05) is 25.8 Å². The maximum absolute atomic E-state index is 11.9. The Kier molecular flexibility index (Phi) is 4.18. The van der Waals surface area contributed by atoms with Gasteiger partial charge >= 0.3 is 6.18 Å². The average molecular weight is 245 g/mol. The molecule has 1 aromatic heterocycles. The number of nitrogens with zero attached hydrogens (tertiary/aromatic N) is 2. The Balaban J connectivity index is 2.51. The molecule has 0 atom stereocenters. The summed E-state index contributed by atoms with van der Waals surface area (Å²) in [7, 11) is 1.76. The van der Waals surface area contributed by atoms with Gasteiger partial charge in [0.2, 0.25) is 0 Å². The van der Waals surface area contributed by atoms with E-state index in [2.05, 4.69) is 5.32 Å². The number of alkyl halides is 3. The summed E-state index contributed by atoms with van der Waals surface area (Å²) in [5.74, 6) is 0. The number of rotatable bonds is 4. The summed E-state index contributed by atoms with van der Waals surface area (Å²) in [5.41, 5.74) is 2.25. The number of nitriles is 1. The van der Waals surface area contributed by atoms with E-state index in [0.717, 1.165) is 11.3 Å².